The van der Waals surface area contributed by atoms with Crippen molar-refractivity contribution in [2.75, 3.05) is 13.2 Å². The molecule has 0 saturated carbocycles. The Kier molecular flexibility index (Phi) is 28.0. The zero-order valence-electron chi connectivity index (χ0n) is 41.6. The molecule has 1 heterocycles. The molecule has 0 radical (unpaired) electrons. The lowest BCUT2D eigenvalue weighted by Crippen LogP contribution is -2.25. The lowest BCUT2D eigenvalue weighted by Gasteiger charge is -2.34. The van der Waals surface area contributed by atoms with E-state index in [1.807, 2.05) is 0 Å². The third-order valence-corrected chi connectivity index (χ3v) is 14.7. The molecule has 4 unspecified atom stereocenters. The van der Waals surface area contributed by atoms with Gasteiger partial charge in [-0.2, -0.15) is 0 Å². The monoisotopic (exact) mass is 863 g/mol. The second-order valence-corrected chi connectivity index (χ2v) is 22.7. The van der Waals surface area contributed by atoms with Gasteiger partial charge in [0.25, 0.3) is 0 Å². The topological polar surface area (TPSA) is 38.7 Å². The fourth-order valence-corrected chi connectivity index (χ4v) is 11.2. The summed E-state index contributed by atoms with van der Waals surface area (Å²) in [6.45, 7) is 20.1. The van der Waals surface area contributed by atoms with Crippen molar-refractivity contribution in [3.05, 3.63) is 70.8 Å². The van der Waals surface area contributed by atoms with Crippen LogP contribution in [-0.4, -0.2) is 18.1 Å². The lowest BCUT2D eigenvalue weighted by molar-refractivity contribution is 0.0959. The first kappa shape index (κ1) is 54.1. The molecule has 61 heavy (non-hydrogen) atoms. The second-order valence-electron chi connectivity index (χ2n) is 21.7. The Morgan fingerprint density at radius 1 is 0.475 bits per heavy atom. The maximum absolute atomic E-state index is 10.9. The van der Waals surface area contributed by atoms with Crippen LogP contribution in [0.3, 0.4) is 0 Å². The minimum Gasteiger partial charge on any atom is -0.328 e. The highest BCUT2D eigenvalue weighted by atomic mass is 31.2. The summed E-state index contributed by atoms with van der Waals surface area (Å²) in [6, 6.07) is 18.7. The quantitative estimate of drug-likeness (QED) is 0.0588. The number of hydrogen-bond acceptors (Lipinski definition) is 3. The first-order valence-electron chi connectivity index (χ1n) is 26.4. The molecule has 0 spiro atoms. The van der Waals surface area contributed by atoms with Gasteiger partial charge in [0.1, 0.15) is 0 Å². The Morgan fingerprint density at radius 2 is 0.770 bits per heavy atom. The van der Waals surface area contributed by atoms with Gasteiger partial charge in [0, 0.05) is 0 Å². The molecule has 0 aliphatic carbocycles. The number of unbranched alkanes of at least 4 members (excludes halogenated alkanes) is 22. The highest BCUT2D eigenvalue weighted by Gasteiger charge is 2.32. The van der Waals surface area contributed by atoms with E-state index in [4.69, 9.17) is 9.05 Å². The fourth-order valence-electron chi connectivity index (χ4n) is 10.5. The first-order valence-corrected chi connectivity index (χ1v) is 27.5. The molecule has 2 aromatic carbocycles. The Hall–Kier alpha value is -1.25. The zero-order valence-corrected chi connectivity index (χ0v) is 42.5. The third-order valence-electron chi connectivity index (χ3n) is 14.0. The van der Waals surface area contributed by atoms with E-state index >= 15 is 0 Å². The van der Waals surface area contributed by atoms with E-state index in [2.05, 4.69) is 104 Å². The Bertz CT molecular complexity index is 1260. The summed E-state index contributed by atoms with van der Waals surface area (Å²) in [5.41, 5.74) is 6.28. The van der Waals surface area contributed by atoms with Crippen LogP contribution in [0.4, 0.5) is 0 Å². The van der Waals surface area contributed by atoms with Gasteiger partial charge in [-0.1, -0.05) is 258 Å². The van der Waals surface area contributed by atoms with Gasteiger partial charge < -0.3 is 13.9 Å². The van der Waals surface area contributed by atoms with Crippen LogP contribution in [0.15, 0.2) is 48.5 Å². The molecule has 1 fully saturated rings. The molecule has 350 valence electrons. The number of benzene rings is 2. The van der Waals surface area contributed by atoms with Crippen LogP contribution in [0, 0.1) is 11.8 Å². The molecule has 4 atom stereocenters. The highest BCUT2D eigenvalue weighted by molar-refractivity contribution is 7.40. The average molecular weight is 863 g/mol. The molecular weight excluding hydrogens is 764 g/mol. The Balaban J connectivity index is 1.69. The minimum atomic E-state index is -1.85. The van der Waals surface area contributed by atoms with E-state index in [0.717, 1.165) is 19.3 Å². The number of hydrogen-bond donors (Lipinski definition) is 1. The minimum absolute atomic E-state index is 0.0974. The lowest BCUT2D eigenvalue weighted by atomic mass is 9.73. The molecule has 4 heteroatoms. The van der Waals surface area contributed by atoms with Crippen molar-refractivity contribution in [1.82, 2.24) is 0 Å². The Morgan fingerprint density at radius 3 is 1.08 bits per heavy atom. The number of rotatable bonds is 32. The summed E-state index contributed by atoms with van der Waals surface area (Å²) >= 11 is 0. The van der Waals surface area contributed by atoms with Crippen molar-refractivity contribution in [3.63, 3.8) is 0 Å². The van der Waals surface area contributed by atoms with Crippen molar-refractivity contribution in [1.29, 1.82) is 0 Å². The maximum Gasteiger partial charge on any atom is 0.329 e. The van der Waals surface area contributed by atoms with Crippen molar-refractivity contribution in [2.45, 2.75) is 264 Å². The molecule has 0 aromatic heterocycles. The highest BCUT2D eigenvalue weighted by Crippen LogP contribution is 2.45. The summed E-state index contributed by atoms with van der Waals surface area (Å²) < 4.78 is 12.2. The van der Waals surface area contributed by atoms with Crippen LogP contribution in [-0.2, 0) is 19.9 Å². The van der Waals surface area contributed by atoms with E-state index in [9.17, 15) is 4.89 Å². The van der Waals surface area contributed by atoms with Gasteiger partial charge in [-0.05, 0) is 88.9 Å². The largest absolute Gasteiger partial charge is 0.329 e. The molecule has 0 bridgehead atoms. The predicted molar refractivity (Wildman–Crippen MR) is 269 cm³/mol. The van der Waals surface area contributed by atoms with Gasteiger partial charge in [0.05, 0.1) is 13.2 Å². The zero-order chi connectivity index (χ0) is 44.2. The van der Waals surface area contributed by atoms with Crippen molar-refractivity contribution in [2.24, 2.45) is 11.8 Å². The standard InChI is InChI=1S/C57H99O3P/c1-9-11-13-15-17-19-21-23-25-27-29-31-37-50(52-39-33-35-41-54(52)56(3,4)5)44-48-43-49(47-60-61(58)59-46-48)45-51(53-40-34-36-42-55(53)57(6,7)8)38-32-30-28-26-24-22-20-18-16-14-12-10-2/h33-36,39-42,48-51,58H,9-32,37-38,43-47H2,1-8H3. The van der Waals surface area contributed by atoms with Crippen molar-refractivity contribution >= 4 is 8.60 Å². The maximum atomic E-state index is 10.9. The van der Waals surface area contributed by atoms with E-state index in [-0.39, 0.29) is 10.8 Å². The molecule has 1 aliphatic heterocycles. The van der Waals surface area contributed by atoms with Crippen LogP contribution >= 0.6 is 8.60 Å². The van der Waals surface area contributed by atoms with Gasteiger partial charge in [-0.25, -0.2) is 0 Å². The summed E-state index contributed by atoms with van der Waals surface area (Å²) in [5, 5.41) is 0. The molecule has 0 amide bonds. The average Bonchev–Trinajstić information content (AvgIpc) is 3.23. The van der Waals surface area contributed by atoms with Gasteiger partial charge >= 0.3 is 8.60 Å². The molecule has 3 nitrogen and oxygen atoms in total. The van der Waals surface area contributed by atoms with Gasteiger partial charge in [0.2, 0.25) is 0 Å². The van der Waals surface area contributed by atoms with Gasteiger partial charge in [-0.15, -0.1) is 0 Å². The summed E-state index contributed by atoms with van der Waals surface area (Å²) in [4.78, 5) is 10.9. The molecule has 1 aliphatic rings. The summed E-state index contributed by atoms with van der Waals surface area (Å²) in [5.74, 6) is 1.78. The molecule has 3 rings (SSSR count). The van der Waals surface area contributed by atoms with Crippen molar-refractivity contribution < 1.29 is 13.9 Å². The third kappa shape index (κ3) is 23.0. The van der Waals surface area contributed by atoms with Crippen LogP contribution in [0.5, 0.6) is 0 Å². The smallest absolute Gasteiger partial charge is 0.328 e. The molecule has 2 aromatic rings. The predicted octanol–water partition coefficient (Wildman–Crippen LogP) is 19.0. The van der Waals surface area contributed by atoms with E-state index < -0.39 is 8.60 Å². The second kappa shape index (κ2) is 31.6. The van der Waals surface area contributed by atoms with Crippen LogP contribution in [0.2, 0.25) is 0 Å². The van der Waals surface area contributed by atoms with Crippen molar-refractivity contribution in [3.8, 4) is 0 Å². The Labute approximate surface area is 381 Å². The fraction of sp³-hybridized carbons (Fsp3) is 0.789. The van der Waals surface area contributed by atoms with E-state index in [0.29, 0.717) is 36.9 Å². The summed E-state index contributed by atoms with van der Waals surface area (Å²) in [7, 11) is -1.85. The SMILES string of the molecule is CCCCCCCCCCCCCCC(CC1COP(O)OCC(CC(CCCCCCCCCCCCCC)c2ccccc2C(C)(C)C)C1)c1ccccc1C(C)(C)C. The van der Waals surface area contributed by atoms with Crippen LogP contribution in [0.25, 0.3) is 0 Å². The van der Waals surface area contributed by atoms with E-state index in [1.54, 1.807) is 11.1 Å². The van der Waals surface area contributed by atoms with Gasteiger partial charge in [-0.3, -0.25) is 0 Å². The van der Waals surface area contributed by atoms with Gasteiger partial charge in [0.15, 0.2) is 0 Å². The molecule has 1 N–H and O–H groups in total. The molecule has 1 saturated heterocycles. The first-order chi connectivity index (χ1) is 29.4. The van der Waals surface area contributed by atoms with Crippen LogP contribution in [0.1, 0.15) is 276 Å². The molecular formula is C57H99O3P. The normalized spacial score (nSPS) is 18.8. The van der Waals surface area contributed by atoms with Crippen LogP contribution < -0.4 is 0 Å². The van der Waals surface area contributed by atoms with E-state index in [1.165, 1.54) is 178 Å². The summed E-state index contributed by atoms with van der Waals surface area (Å²) in [6.07, 6.45) is 39.0.